The van der Waals surface area contributed by atoms with Crippen molar-refractivity contribution in [1.29, 1.82) is 0 Å². The number of carboxylic acids is 1. The lowest BCUT2D eigenvalue weighted by Crippen LogP contribution is -2.45. The van der Waals surface area contributed by atoms with Crippen LogP contribution in [0.2, 0.25) is 0 Å². The van der Waals surface area contributed by atoms with Crippen LogP contribution in [0.25, 0.3) is 0 Å². The Hall–Kier alpha value is -1.66. The molecule has 1 aromatic rings. The highest BCUT2D eigenvalue weighted by atomic mass is 16.5. The van der Waals surface area contributed by atoms with Gasteiger partial charge in [-0.3, -0.25) is 4.90 Å². The fourth-order valence-electron chi connectivity index (χ4n) is 1.97. The zero-order valence-corrected chi connectivity index (χ0v) is 11.1. The maximum atomic E-state index is 10.8. The van der Waals surface area contributed by atoms with Crippen molar-refractivity contribution in [2.45, 2.75) is 0 Å². The minimum absolute atomic E-state index is 0.199. The van der Waals surface area contributed by atoms with E-state index >= 15 is 0 Å². The number of carboxylic acid groups (broad SMARTS) is 1. The maximum absolute atomic E-state index is 10.8. The molecule has 0 amide bonds. The monoisotopic (exact) mass is 265 g/mol. The average molecular weight is 265 g/mol. The number of hydrogen-bond donors (Lipinski definition) is 1. The smallest absolute Gasteiger partial charge is 0.335 e. The molecule has 0 bridgehead atoms. The molecule has 1 N–H and O–H groups in total. The van der Waals surface area contributed by atoms with E-state index in [9.17, 15) is 4.79 Å². The number of pyridine rings is 1. The van der Waals surface area contributed by atoms with Crippen molar-refractivity contribution in [3.8, 4) is 5.88 Å². The van der Waals surface area contributed by atoms with Gasteiger partial charge >= 0.3 is 5.97 Å². The summed E-state index contributed by atoms with van der Waals surface area (Å²) in [5.41, 5.74) is 0.199. The predicted octanol–water partition coefficient (Wildman–Crippen LogP) is 0.406. The Balaban J connectivity index is 1.76. The number of hydrogen-bond acceptors (Lipinski definition) is 5. The van der Waals surface area contributed by atoms with Crippen LogP contribution < -0.4 is 4.74 Å². The van der Waals surface area contributed by atoms with Gasteiger partial charge < -0.3 is 14.7 Å². The lowest BCUT2D eigenvalue weighted by molar-refractivity contribution is 0.0696. The molecule has 0 saturated carbocycles. The van der Waals surface area contributed by atoms with E-state index in [1.54, 1.807) is 0 Å². The van der Waals surface area contributed by atoms with E-state index in [1.807, 2.05) is 0 Å². The van der Waals surface area contributed by atoms with Gasteiger partial charge in [0.2, 0.25) is 5.88 Å². The Morgan fingerprint density at radius 3 is 2.84 bits per heavy atom. The molecule has 0 radical (unpaired) electrons. The molecule has 0 spiro atoms. The van der Waals surface area contributed by atoms with Gasteiger partial charge in [0, 0.05) is 45.0 Å². The van der Waals surface area contributed by atoms with Crippen LogP contribution in [0.3, 0.4) is 0 Å². The molecule has 19 heavy (non-hydrogen) atoms. The molecule has 1 saturated heterocycles. The zero-order chi connectivity index (χ0) is 13.7. The van der Waals surface area contributed by atoms with Crippen molar-refractivity contribution in [3.05, 3.63) is 23.9 Å². The van der Waals surface area contributed by atoms with Gasteiger partial charge in [0.1, 0.15) is 6.61 Å². The first-order valence-corrected chi connectivity index (χ1v) is 6.38. The van der Waals surface area contributed by atoms with Crippen molar-refractivity contribution in [2.24, 2.45) is 0 Å². The van der Waals surface area contributed by atoms with Gasteiger partial charge in [0.05, 0.1) is 5.56 Å². The molecular formula is C13H19N3O3. The average Bonchev–Trinajstić information content (AvgIpc) is 2.41. The molecule has 0 unspecified atom stereocenters. The lowest BCUT2D eigenvalue weighted by Gasteiger charge is -2.32. The van der Waals surface area contributed by atoms with Crippen LogP contribution >= 0.6 is 0 Å². The molecule has 2 rings (SSSR count). The van der Waals surface area contributed by atoms with Crippen LogP contribution in [0.15, 0.2) is 18.3 Å². The molecule has 104 valence electrons. The minimum atomic E-state index is -0.966. The van der Waals surface area contributed by atoms with Gasteiger partial charge in [-0.05, 0) is 13.1 Å². The predicted molar refractivity (Wildman–Crippen MR) is 70.6 cm³/mol. The molecule has 1 aliphatic heterocycles. The summed E-state index contributed by atoms with van der Waals surface area (Å²) in [5.74, 6) is -0.597. The summed E-state index contributed by atoms with van der Waals surface area (Å²) in [6.07, 6.45) is 1.45. The first kappa shape index (κ1) is 13.8. The van der Waals surface area contributed by atoms with Gasteiger partial charge in [0.15, 0.2) is 0 Å². The fourth-order valence-corrected chi connectivity index (χ4v) is 1.97. The number of likely N-dealkylation sites (N-methyl/N-ethyl adjacent to an activating group) is 1. The largest absolute Gasteiger partial charge is 0.478 e. The highest BCUT2D eigenvalue weighted by Gasteiger charge is 2.13. The molecule has 0 aliphatic carbocycles. The van der Waals surface area contributed by atoms with Crippen molar-refractivity contribution in [3.63, 3.8) is 0 Å². The molecule has 2 heterocycles. The van der Waals surface area contributed by atoms with E-state index < -0.39 is 5.97 Å². The van der Waals surface area contributed by atoms with Gasteiger partial charge in [-0.1, -0.05) is 0 Å². The van der Waals surface area contributed by atoms with Crippen molar-refractivity contribution in [2.75, 3.05) is 46.4 Å². The van der Waals surface area contributed by atoms with E-state index in [2.05, 4.69) is 21.8 Å². The summed E-state index contributed by atoms with van der Waals surface area (Å²) >= 11 is 0. The SMILES string of the molecule is CN1CCN(CCOc2cc(C(=O)O)ccn2)CC1. The summed E-state index contributed by atoms with van der Waals surface area (Å²) in [5, 5.41) is 8.87. The van der Waals surface area contributed by atoms with Gasteiger partial charge in [0.25, 0.3) is 0 Å². The number of rotatable bonds is 5. The second-order valence-corrected chi connectivity index (χ2v) is 4.68. The number of ether oxygens (including phenoxy) is 1. The molecule has 6 heteroatoms. The highest BCUT2D eigenvalue weighted by molar-refractivity contribution is 5.87. The Bertz CT molecular complexity index is 431. The quantitative estimate of drug-likeness (QED) is 0.831. The number of nitrogens with zero attached hydrogens (tertiary/aromatic N) is 3. The van der Waals surface area contributed by atoms with E-state index in [-0.39, 0.29) is 5.56 Å². The van der Waals surface area contributed by atoms with Crippen molar-refractivity contribution in [1.82, 2.24) is 14.8 Å². The summed E-state index contributed by atoms with van der Waals surface area (Å²) in [6, 6.07) is 2.90. The van der Waals surface area contributed by atoms with Crippen LogP contribution in [-0.4, -0.2) is 72.2 Å². The molecule has 6 nitrogen and oxygen atoms in total. The maximum Gasteiger partial charge on any atom is 0.335 e. The second kappa shape index (κ2) is 6.49. The van der Waals surface area contributed by atoms with Gasteiger partial charge in [-0.25, -0.2) is 9.78 Å². The number of piperazine rings is 1. The third-order valence-electron chi connectivity index (χ3n) is 3.24. The van der Waals surface area contributed by atoms with Gasteiger partial charge in [-0.15, -0.1) is 0 Å². The molecule has 1 aliphatic rings. The fraction of sp³-hybridized carbons (Fsp3) is 0.538. The summed E-state index contributed by atoms with van der Waals surface area (Å²) in [4.78, 5) is 19.4. The van der Waals surface area contributed by atoms with Crippen LogP contribution in [0.4, 0.5) is 0 Å². The number of carbonyl (C=O) groups is 1. The zero-order valence-electron chi connectivity index (χ0n) is 11.1. The summed E-state index contributed by atoms with van der Waals surface area (Å²) in [6.45, 7) is 5.61. The van der Waals surface area contributed by atoms with Gasteiger partial charge in [-0.2, -0.15) is 0 Å². The lowest BCUT2D eigenvalue weighted by atomic mass is 10.3. The van der Waals surface area contributed by atoms with Crippen LogP contribution in [-0.2, 0) is 0 Å². The Morgan fingerprint density at radius 1 is 1.42 bits per heavy atom. The number of aromatic carboxylic acids is 1. The van der Waals surface area contributed by atoms with E-state index in [0.717, 1.165) is 32.7 Å². The molecular weight excluding hydrogens is 246 g/mol. The Morgan fingerprint density at radius 2 is 2.16 bits per heavy atom. The molecule has 1 aromatic heterocycles. The highest BCUT2D eigenvalue weighted by Crippen LogP contribution is 2.09. The molecule has 0 aromatic carbocycles. The van der Waals surface area contributed by atoms with Crippen LogP contribution in [0.5, 0.6) is 5.88 Å². The normalized spacial score (nSPS) is 17.3. The van der Waals surface area contributed by atoms with Crippen LogP contribution in [0, 0.1) is 0 Å². The molecule has 1 fully saturated rings. The summed E-state index contributed by atoms with van der Waals surface area (Å²) < 4.78 is 5.50. The van der Waals surface area contributed by atoms with E-state index in [4.69, 9.17) is 9.84 Å². The molecule has 0 atom stereocenters. The Kier molecular flexibility index (Phi) is 4.70. The number of aromatic nitrogens is 1. The van der Waals surface area contributed by atoms with Crippen LogP contribution in [0.1, 0.15) is 10.4 Å². The van der Waals surface area contributed by atoms with Crippen molar-refractivity contribution < 1.29 is 14.6 Å². The standard InChI is InChI=1S/C13H19N3O3/c1-15-4-6-16(7-5-15)8-9-19-12-10-11(13(17)18)2-3-14-12/h2-3,10H,4-9H2,1H3,(H,17,18). The van der Waals surface area contributed by atoms with Crippen molar-refractivity contribution >= 4 is 5.97 Å². The topological polar surface area (TPSA) is 65.9 Å². The minimum Gasteiger partial charge on any atom is -0.478 e. The Labute approximate surface area is 112 Å². The second-order valence-electron chi connectivity index (χ2n) is 4.68. The summed E-state index contributed by atoms with van der Waals surface area (Å²) in [7, 11) is 2.12. The third-order valence-corrected chi connectivity index (χ3v) is 3.24. The van der Waals surface area contributed by atoms with E-state index in [1.165, 1.54) is 18.3 Å². The van der Waals surface area contributed by atoms with E-state index in [0.29, 0.717) is 12.5 Å². The third kappa shape index (κ3) is 4.18. The first-order valence-electron chi connectivity index (χ1n) is 6.38. The first-order chi connectivity index (χ1) is 9.15.